The first-order valence-electron chi connectivity index (χ1n) is 10.2. The molecule has 0 radical (unpaired) electrons. The van der Waals surface area contributed by atoms with Crippen molar-refractivity contribution in [2.75, 3.05) is 6.54 Å². The molecule has 4 rings (SSSR count). The summed E-state index contributed by atoms with van der Waals surface area (Å²) in [6, 6.07) is 8.31. The van der Waals surface area contributed by atoms with E-state index in [1.54, 1.807) is 4.90 Å². The largest absolute Gasteiger partial charge is 0.347 e. The Kier molecular flexibility index (Phi) is 5.14. The number of fused-ring (bicyclic) bond motifs is 1. The van der Waals surface area contributed by atoms with Crippen molar-refractivity contribution in [1.82, 2.24) is 15.5 Å². The van der Waals surface area contributed by atoms with Crippen molar-refractivity contribution >= 4 is 11.9 Å². The van der Waals surface area contributed by atoms with Gasteiger partial charge in [-0.1, -0.05) is 43.5 Å². The summed E-state index contributed by atoms with van der Waals surface area (Å²) >= 11 is 0. The number of benzene rings is 1. The van der Waals surface area contributed by atoms with Crippen LogP contribution in [0.4, 0.5) is 4.79 Å². The van der Waals surface area contributed by atoms with Gasteiger partial charge in [-0.05, 0) is 49.7 Å². The second-order valence-electron chi connectivity index (χ2n) is 7.93. The summed E-state index contributed by atoms with van der Waals surface area (Å²) in [4.78, 5) is 27.3. The number of hydrogen-bond donors (Lipinski definition) is 2. The lowest BCUT2D eigenvalue weighted by Gasteiger charge is -2.29. The molecule has 1 saturated carbocycles. The molecule has 1 aromatic carbocycles. The van der Waals surface area contributed by atoms with Crippen LogP contribution in [0.3, 0.4) is 0 Å². The Morgan fingerprint density at radius 3 is 2.58 bits per heavy atom. The highest BCUT2D eigenvalue weighted by Crippen LogP contribution is 2.31. The maximum absolute atomic E-state index is 12.9. The number of aryl methyl sites for hydroxylation is 1. The number of nitrogens with one attached hydrogen (secondary N) is 2. The van der Waals surface area contributed by atoms with Gasteiger partial charge in [0.2, 0.25) is 5.91 Å². The van der Waals surface area contributed by atoms with Crippen LogP contribution in [0.15, 0.2) is 24.3 Å². The van der Waals surface area contributed by atoms with Crippen molar-refractivity contribution in [2.24, 2.45) is 0 Å². The monoisotopic (exact) mass is 355 g/mol. The molecule has 26 heavy (non-hydrogen) atoms. The van der Waals surface area contributed by atoms with Crippen LogP contribution in [0.1, 0.15) is 68.5 Å². The van der Waals surface area contributed by atoms with Crippen LogP contribution < -0.4 is 10.6 Å². The number of hydrogen-bond acceptors (Lipinski definition) is 2. The number of amides is 3. The van der Waals surface area contributed by atoms with E-state index in [9.17, 15) is 9.59 Å². The van der Waals surface area contributed by atoms with Crippen molar-refractivity contribution in [3.05, 3.63) is 35.4 Å². The average Bonchev–Trinajstić information content (AvgIpc) is 3.30. The van der Waals surface area contributed by atoms with Crippen LogP contribution in [-0.2, 0) is 11.2 Å². The van der Waals surface area contributed by atoms with Crippen LogP contribution in [0, 0.1) is 0 Å². The van der Waals surface area contributed by atoms with E-state index in [1.807, 2.05) is 6.07 Å². The molecule has 2 unspecified atom stereocenters. The van der Waals surface area contributed by atoms with Gasteiger partial charge in [-0.25, -0.2) is 4.79 Å². The zero-order valence-corrected chi connectivity index (χ0v) is 15.4. The third-order valence-electron chi connectivity index (χ3n) is 6.20. The predicted octanol–water partition coefficient (Wildman–Crippen LogP) is 3.30. The molecular formula is C21H29N3O2. The Hall–Kier alpha value is -2.04. The number of likely N-dealkylation sites (tertiary alicyclic amines) is 1. The minimum Gasteiger partial charge on any atom is -0.347 e. The third kappa shape index (κ3) is 3.57. The van der Waals surface area contributed by atoms with Crippen molar-refractivity contribution in [3.8, 4) is 0 Å². The topological polar surface area (TPSA) is 61.4 Å². The summed E-state index contributed by atoms with van der Waals surface area (Å²) in [6.07, 6.45) is 9.40. The molecule has 0 bridgehead atoms. The van der Waals surface area contributed by atoms with Gasteiger partial charge >= 0.3 is 6.03 Å². The van der Waals surface area contributed by atoms with Crippen molar-refractivity contribution in [2.45, 2.75) is 75.9 Å². The van der Waals surface area contributed by atoms with E-state index in [0.717, 1.165) is 38.5 Å². The van der Waals surface area contributed by atoms with Crippen LogP contribution in [0.2, 0.25) is 0 Å². The van der Waals surface area contributed by atoms with E-state index in [4.69, 9.17) is 0 Å². The fourth-order valence-electron chi connectivity index (χ4n) is 4.76. The molecule has 5 nitrogen and oxygen atoms in total. The van der Waals surface area contributed by atoms with Gasteiger partial charge < -0.3 is 15.5 Å². The first-order chi connectivity index (χ1) is 12.7. The van der Waals surface area contributed by atoms with Crippen LogP contribution >= 0.6 is 0 Å². The van der Waals surface area contributed by atoms with Gasteiger partial charge in [0.15, 0.2) is 0 Å². The standard InChI is InChI=1S/C21H29N3O2/c25-20(23-18-13-12-15-7-4-5-10-17(15)18)19-11-6-14-24(19)21(26)22-16-8-2-1-3-9-16/h4-5,7,10,16,18-19H,1-3,6,8-9,11-14H2,(H,22,26)(H,23,25). The minimum atomic E-state index is -0.327. The molecule has 1 saturated heterocycles. The van der Waals surface area contributed by atoms with E-state index in [-0.39, 0.29) is 30.1 Å². The van der Waals surface area contributed by atoms with Gasteiger partial charge in [-0.2, -0.15) is 0 Å². The fraction of sp³-hybridized carbons (Fsp3) is 0.619. The van der Waals surface area contributed by atoms with Crippen LogP contribution in [-0.4, -0.2) is 35.5 Å². The number of carbonyl (C=O) groups excluding carboxylic acids is 2. The number of nitrogens with zero attached hydrogens (tertiary/aromatic N) is 1. The highest BCUT2D eigenvalue weighted by Gasteiger charge is 2.36. The summed E-state index contributed by atoms with van der Waals surface area (Å²) in [5.41, 5.74) is 2.56. The first-order valence-corrected chi connectivity index (χ1v) is 10.2. The maximum Gasteiger partial charge on any atom is 0.318 e. The molecule has 2 aliphatic carbocycles. The predicted molar refractivity (Wildman–Crippen MR) is 101 cm³/mol. The number of rotatable bonds is 3. The minimum absolute atomic E-state index is 0.00278. The van der Waals surface area contributed by atoms with E-state index in [1.165, 1.54) is 30.4 Å². The van der Waals surface area contributed by atoms with Gasteiger partial charge in [-0.15, -0.1) is 0 Å². The second kappa shape index (κ2) is 7.68. The Labute approximate surface area is 155 Å². The molecule has 140 valence electrons. The van der Waals surface area contributed by atoms with Crippen LogP contribution in [0.25, 0.3) is 0 Å². The number of urea groups is 1. The third-order valence-corrected chi connectivity index (χ3v) is 6.20. The zero-order chi connectivity index (χ0) is 17.9. The summed E-state index contributed by atoms with van der Waals surface area (Å²) in [5.74, 6) is 0.00278. The fourth-order valence-corrected chi connectivity index (χ4v) is 4.76. The quantitative estimate of drug-likeness (QED) is 0.874. The lowest BCUT2D eigenvalue weighted by atomic mass is 9.96. The van der Waals surface area contributed by atoms with E-state index in [0.29, 0.717) is 6.54 Å². The molecule has 0 aromatic heterocycles. The smallest absolute Gasteiger partial charge is 0.318 e. The first kappa shape index (κ1) is 17.4. The zero-order valence-electron chi connectivity index (χ0n) is 15.4. The van der Waals surface area contributed by atoms with Crippen molar-refractivity contribution in [3.63, 3.8) is 0 Å². The Balaban J connectivity index is 1.37. The van der Waals surface area contributed by atoms with Crippen molar-refractivity contribution < 1.29 is 9.59 Å². The van der Waals surface area contributed by atoms with Gasteiger partial charge in [0.05, 0.1) is 6.04 Å². The van der Waals surface area contributed by atoms with Gasteiger partial charge in [-0.3, -0.25) is 4.79 Å². The summed E-state index contributed by atoms with van der Waals surface area (Å²) in [7, 11) is 0. The summed E-state index contributed by atoms with van der Waals surface area (Å²) in [5, 5.41) is 6.37. The molecule has 2 fully saturated rings. The molecule has 3 aliphatic rings. The Morgan fingerprint density at radius 2 is 1.73 bits per heavy atom. The Morgan fingerprint density at radius 1 is 0.923 bits per heavy atom. The molecule has 2 N–H and O–H groups in total. The summed E-state index contributed by atoms with van der Waals surface area (Å²) < 4.78 is 0. The summed E-state index contributed by atoms with van der Waals surface area (Å²) in [6.45, 7) is 0.678. The lowest BCUT2D eigenvalue weighted by molar-refractivity contribution is -0.125. The van der Waals surface area contributed by atoms with Crippen molar-refractivity contribution in [1.29, 1.82) is 0 Å². The molecule has 5 heteroatoms. The maximum atomic E-state index is 12.9. The van der Waals surface area contributed by atoms with E-state index >= 15 is 0 Å². The SMILES string of the molecule is O=C(NC1CCc2ccccc21)C1CCCN1C(=O)NC1CCCCC1. The molecule has 0 spiro atoms. The molecule has 2 atom stereocenters. The second-order valence-corrected chi connectivity index (χ2v) is 7.93. The van der Waals surface area contributed by atoms with Gasteiger partial charge in [0.25, 0.3) is 0 Å². The molecule has 3 amide bonds. The van der Waals surface area contributed by atoms with E-state index < -0.39 is 0 Å². The average molecular weight is 355 g/mol. The van der Waals surface area contributed by atoms with Gasteiger partial charge in [0.1, 0.15) is 6.04 Å². The van der Waals surface area contributed by atoms with Gasteiger partial charge in [0, 0.05) is 12.6 Å². The number of carbonyl (C=O) groups is 2. The lowest BCUT2D eigenvalue weighted by Crippen LogP contribution is -2.52. The molecule has 1 heterocycles. The highest BCUT2D eigenvalue weighted by atomic mass is 16.2. The van der Waals surface area contributed by atoms with E-state index in [2.05, 4.69) is 28.8 Å². The van der Waals surface area contributed by atoms with Crippen LogP contribution in [0.5, 0.6) is 0 Å². The molecule has 1 aromatic rings. The molecule has 1 aliphatic heterocycles. The normalized spacial score (nSPS) is 25.8. The molecular weight excluding hydrogens is 326 g/mol. The highest BCUT2D eigenvalue weighted by molar-refractivity contribution is 5.88. The Bertz CT molecular complexity index is 669.